The summed E-state index contributed by atoms with van der Waals surface area (Å²) in [6.07, 6.45) is 0. The summed E-state index contributed by atoms with van der Waals surface area (Å²) in [5.74, 6) is 0. The SMILES string of the molecule is O=[S]=[Sn]([Cl])[Cl]. The van der Waals surface area contributed by atoms with E-state index in [1.165, 1.54) is 0 Å². The Hall–Kier alpha value is 1.40. The first-order valence-electron chi connectivity index (χ1n) is 0.749. The van der Waals surface area contributed by atoms with Crippen LogP contribution in [0, 0.1) is 0 Å². The van der Waals surface area contributed by atoms with Crippen LogP contribution >= 0.6 is 17.8 Å². The molecule has 0 rings (SSSR count). The van der Waals surface area contributed by atoms with Crippen molar-refractivity contribution in [2.75, 3.05) is 0 Å². The van der Waals surface area contributed by atoms with E-state index in [0.717, 1.165) is 0 Å². The molecule has 0 unspecified atom stereocenters. The minimum absolute atomic E-state index is 0.357. The first kappa shape index (κ1) is 6.40. The molecule has 0 spiro atoms. The van der Waals surface area contributed by atoms with E-state index in [1.54, 1.807) is 0 Å². The molecule has 30 valence electrons. The maximum absolute atomic E-state index is 9.37. The zero-order valence-electron chi connectivity index (χ0n) is 2.07. The summed E-state index contributed by atoms with van der Waals surface area (Å²) in [6.45, 7) is 0. The average Bonchev–Trinajstić information content (AvgIpc) is 1.38. The number of hydrogen-bond acceptors (Lipinski definition) is 1. The summed E-state index contributed by atoms with van der Waals surface area (Å²) in [5, 5.41) is 0. The third-order valence-electron chi connectivity index (χ3n) is 0.0630. The van der Waals surface area contributed by atoms with E-state index in [9.17, 15) is 4.21 Å². The first-order valence-corrected chi connectivity index (χ1v) is 12.2. The van der Waals surface area contributed by atoms with Crippen molar-refractivity contribution in [2.45, 2.75) is 0 Å². The molecule has 0 fully saturated rings. The molecule has 0 atom stereocenters. The summed E-state index contributed by atoms with van der Waals surface area (Å²) in [6, 6.07) is 0. The third-order valence-corrected chi connectivity index (χ3v) is 3.80. The van der Waals surface area contributed by atoms with Crippen LogP contribution in [0.4, 0.5) is 0 Å². The summed E-state index contributed by atoms with van der Waals surface area (Å²) in [5.41, 5.74) is 0. The second-order valence-electron chi connectivity index (χ2n) is 0.309. The monoisotopic (exact) mass is 238 g/mol. The molecule has 0 aromatic carbocycles. The van der Waals surface area contributed by atoms with Gasteiger partial charge in [0.2, 0.25) is 0 Å². The van der Waals surface area contributed by atoms with Crippen molar-refractivity contribution < 1.29 is 4.21 Å². The standard InChI is InChI=1S/2ClH.OS.Sn/c;;1-2;/h2*1H;;/q;;;+2/p-2. The molecule has 5 heteroatoms. The summed E-state index contributed by atoms with van der Waals surface area (Å²) in [4.78, 5) is 0. The molecule has 0 N–H and O–H groups in total. The van der Waals surface area contributed by atoms with Crippen molar-refractivity contribution in [3.63, 3.8) is 0 Å². The first-order chi connectivity index (χ1) is 2.27. The molecule has 0 saturated carbocycles. The van der Waals surface area contributed by atoms with E-state index in [-0.39, 0.29) is 0 Å². The molecule has 0 heterocycles. The molecule has 0 saturated heterocycles. The average molecular weight is 238 g/mol. The van der Waals surface area contributed by atoms with Gasteiger partial charge in [-0.05, 0) is 0 Å². The third kappa shape index (κ3) is 5.40. The molecule has 0 aromatic heterocycles. The van der Waals surface area contributed by atoms with Gasteiger partial charge in [-0.15, -0.1) is 0 Å². The van der Waals surface area contributed by atoms with Gasteiger partial charge < -0.3 is 0 Å². The van der Waals surface area contributed by atoms with E-state index in [2.05, 4.69) is 0 Å². The van der Waals surface area contributed by atoms with Crippen LogP contribution in [-0.2, 0) is 8.33 Å². The zero-order valence-corrected chi connectivity index (χ0v) is 7.25. The van der Waals surface area contributed by atoms with E-state index < -0.39 is 15.6 Å². The van der Waals surface area contributed by atoms with Gasteiger partial charge in [-0.3, -0.25) is 0 Å². The van der Waals surface area contributed by atoms with E-state index in [0.29, 0.717) is 8.33 Å². The van der Waals surface area contributed by atoms with Crippen molar-refractivity contribution in [3.05, 3.63) is 0 Å². The van der Waals surface area contributed by atoms with Crippen molar-refractivity contribution in [1.29, 1.82) is 0 Å². The molecule has 0 radical (unpaired) electrons. The van der Waals surface area contributed by atoms with Gasteiger partial charge in [-0.25, -0.2) is 0 Å². The normalized spacial score (nSPS) is 6.80. The fourth-order valence-corrected chi connectivity index (χ4v) is 0. The van der Waals surface area contributed by atoms with E-state index in [1.807, 2.05) is 0 Å². The van der Waals surface area contributed by atoms with Crippen LogP contribution in [0.5, 0.6) is 0 Å². The zero-order chi connectivity index (χ0) is 4.28. The second-order valence-corrected chi connectivity index (χ2v) is 15.3. The Balaban J connectivity index is 3.60. The van der Waals surface area contributed by atoms with Gasteiger partial charge in [0.15, 0.2) is 0 Å². The second kappa shape index (κ2) is 3.58. The number of hydrogen-bond donors (Lipinski definition) is 0. The van der Waals surface area contributed by atoms with E-state index >= 15 is 0 Å². The van der Waals surface area contributed by atoms with Gasteiger partial charge in [-0.1, -0.05) is 0 Å². The predicted octanol–water partition coefficient (Wildman–Crippen LogP) is 0.662. The number of halogens is 2. The fourth-order valence-electron chi connectivity index (χ4n) is 0. The van der Waals surface area contributed by atoms with Gasteiger partial charge in [0, 0.05) is 0 Å². The van der Waals surface area contributed by atoms with Gasteiger partial charge in [0.1, 0.15) is 0 Å². The van der Waals surface area contributed by atoms with Gasteiger partial charge >= 0.3 is 45.9 Å². The van der Waals surface area contributed by atoms with Crippen LogP contribution in [0.3, 0.4) is 0 Å². The molecule has 0 amide bonds. The topological polar surface area (TPSA) is 17.1 Å². The molecule has 0 aliphatic rings. The molecule has 1 nitrogen and oxygen atoms in total. The van der Waals surface area contributed by atoms with Crippen molar-refractivity contribution in [3.8, 4) is 0 Å². The van der Waals surface area contributed by atoms with Crippen molar-refractivity contribution in [1.82, 2.24) is 0 Å². The van der Waals surface area contributed by atoms with Crippen LogP contribution < -0.4 is 0 Å². The van der Waals surface area contributed by atoms with Gasteiger partial charge in [0.05, 0.1) is 0 Å². The minimum atomic E-state index is -2.27. The summed E-state index contributed by atoms with van der Waals surface area (Å²) < 4.78 is 9.37. The Kier molecular flexibility index (Phi) is 4.59. The van der Waals surface area contributed by atoms with Crippen LogP contribution in [0.25, 0.3) is 0 Å². The fraction of sp³-hybridized carbons (Fsp3) is 0. The molecule has 0 aliphatic heterocycles. The van der Waals surface area contributed by atoms with Crippen LogP contribution in [-0.4, -0.2) is 19.8 Å². The summed E-state index contributed by atoms with van der Waals surface area (Å²) in [7, 11) is 10.5. The van der Waals surface area contributed by atoms with Crippen LogP contribution in [0.1, 0.15) is 0 Å². The predicted molar refractivity (Wildman–Crippen MR) is 25.6 cm³/mol. The van der Waals surface area contributed by atoms with Crippen molar-refractivity contribution in [2.24, 2.45) is 0 Å². The Bertz CT molecular complexity index is 69.7. The quantitative estimate of drug-likeness (QED) is 0.566. The molecular weight excluding hydrogens is 238 g/mol. The molecule has 5 heavy (non-hydrogen) atoms. The Morgan fingerprint density at radius 3 is 1.80 bits per heavy atom. The van der Waals surface area contributed by atoms with E-state index in [4.69, 9.17) is 17.8 Å². The molecular formula is Cl2OSSn. The maximum atomic E-state index is 9.37. The van der Waals surface area contributed by atoms with Gasteiger partial charge in [0.25, 0.3) is 0 Å². The molecule has 0 aliphatic carbocycles. The van der Waals surface area contributed by atoms with Crippen molar-refractivity contribution >= 4 is 41.7 Å². The molecule has 0 aromatic rings. The summed E-state index contributed by atoms with van der Waals surface area (Å²) >= 11 is -2.27. The van der Waals surface area contributed by atoms with Gasteiger partial charge in [-0.2, -0.15) is 0 Å². The van der Waals surface area contributed by atoms with Crippen LogP contribution in [0.15, 0.2) is 0 Å². The Labute approximate surface area is 45.7 Å². The Morgan fingerprint density at radius 1 is 1.60 bits per heavy atom. The Morgan fingerprint density at radius 2 is 1.80 bits per heavy atom. The molecule has 0 bridgehead atoms. The number of rotatable bonds is 0. The van der Waals surface area contributed by atoms with Crippen LogP contribution in [0.2, 0.25) is 0 Å².